The van der Waals surface area contributed by atoms with Crippen molar-refractivity contribution in [3.05, 3.63) is 82.8 Å². The number of aromatic amines is 1. The second-order valence-electron chi connectivity index (χ2n) is 4.71. The summed E-state index contributed by atoms with van der Waals surface area (Å²) in [5.74, 6) is -0.321. The molecule has 0 bridgehead atoms. The van der Waals surface area contributed by atoms with Gasteiger partial charge >= 0.3 is 0 Å². The molecule has 6 nitrogen and oxygen atoms in total. The molecule has 3 rings (SSSR count). The zero-order chi connectivity index (χ0) is 15.4. The van der Waals surface area contributed by atoms with E-state index in [9.17, 15) is 9.59 Å². The summed E-state index contributed by atoms with van der Waals surface area (Å²) in [5, 5.41) is 2.80. The fourth-order valence-corrected chi connectivity index (χ4v) is 2.16. The average molecular weight is 294 g/mol. The van der Waals surface area contributed by atoms with E-state index in [0.717, 1.165) is 11.3 Å². The Morgan fingerprint density at radius 2 is 2.05 bits per heavy atom. The van der Waals surface area contributed by atoms with E-state index in [1.165, 1.54) is 6.07 Å². The van der Waals surface area contributed by atoms with Gasteiger partial charge in [0.1, 0.15) is 5.69 Å². The Labute approximate surface area is 126 Å². The summed E-state index contributed by atoms with van der Waals surface area (Å²) in [4.78, 5) is 29.8. The van der Waals surface area contributed by atoms with Crippen molar-refractivity contribution < 1.29 is 4.79 Å². The van der Waals surface area contributed by atoms with E-state index in [-0.39, 0.29) is 17.2 Å². The van der Waals surface area contributed by atoms with Crippen LogP contribution in [0.25, 0.3) is 5.69 Å². The van der Waals surface area contributed by atoms with Crippen LogP contribution in [0.2, 0.25) is 0 Å². The summed E-state index contributed by atoms with van der Waals surface area (Å²) in [6.45, 7) is 0.351. The smallest absolute Gasteiger partial charge is 0.268 e. The van der Waals surface area contributed by atoms with E-state index < -0.39 is 0 Å². The molecule has 0 fully saturated rings. The third-order valence-electron chi connectivity index (χ3n) is 3.23. The summed E-state index contributed by atoms with van der Waals surface area (Å²) in [5.41, 5.74) is 1.84. The number of nitrogens with one attached hydrogen (secondary N) is 2. The predicted octanol–water partition coefficient (Wildman–Crippen LogP) is 1.49. The van der Waals surface area contributed by atoms with Gasteiger partial charge in [-0.25, -0.2) is 4.98 Å². The van der Waals surface area contributed by atoms with Crippen LogP contribution in [0.3, 0.4) is 0 Å². The van der Waals surface area contributed by atoms with Crippen molar-refractivity contribution in [1.29, 1.82) is 0 Å². The SMILES string of the molecule is O=C(NCc1ccccc1-n1ccnc1)c1cccc(=O)[nH]1. The van der Waals surface area contributed by atoms with Crippen LogP contribution in [0.4, 0.5) is 0 Å². The van der Waals surface area contributed by atoms with E-state index in [2.05, 4.69) is 15.3 Å². The highest BCUT2D eigenvalue weighted by molar-refractivity contribution is 5.92. The number of para-hydroxylation sites is 1. The Hall–Kier alpha value is -3.15. The lowest BCUT2D eigenvalue weighted by atomic mass is 10.1. The summed E-state index contributed by atoms with van der Waals surface area (Å²) in [7, 11) is 0. The molecule has 22 heavy (non-hydrogen) atoms. The quantitative estimate of drug-likeness (QED) is 0.765. The van der Waals surface area contributed by atoms with Crippen LogP contribution < -0.4 is 10.9 Å². The molecule has 1 aromatic carbocycles. The zero-order valence-electron chi connectivity index (χ0n) is 11.7. The number of H-pyrrole nitrogens is 1. The Morgan fingerprint density at radius 3 is 2.82 bits per heavy atom. The number of carbonyl (C=O) groups is 1. The summed E-state index contributed by atoms with van der Waals surface area (Å²) in [6, 6.07) is 12.2. The minimum Gasteiger partial charge on any atom is -0.347 e. The molecule has 6 heteroatoms. The molecular weight excluding hydrogens is 280 g/mol. The standard InChI is InChI=1S/C16H14N4O2/c21-15-7-3-5-13(19-15)16(22)18-10-12-4-1-2-6-14(12)20-9-8-17-11-20/h1-9,11H,10H2,(H,18,22)(H,19,21). The summed E-state index contributed by atoms with van der Waals surface area (Å²) >= 11 is 0. The van der Waals surface area contributed by atoms with Crippen LogP contribution >= 0.6 is 0 Å². The molecule has 0 radical (unpaired) electrons. The number of pyridine rings is 1. The molecule has 0 unspecified atom stereocenters. The van der Waals surface area contributed by atoms with Gasteiger partial charge in [-0.3, -0.25) is 9.59 Å². The number of amides is 1. The van der Waals surface area contributed by atoms with Gasteiger partial charge in [-0.05, 0) is 17.7 Å². The lowest BCUT2D eigenvalue weighted by Crippen LogP contribution is -2.26. The van der Waals surface area contributed by atoms with Gasteiger partial charge in [-0.15, -0.1) is 0 Å². The number of hydrogen-bond donors (Lipinski definition) is 2. The fraction of sp³-hybridized carbons (Fsp3) is 0.0625. The van der Waals surface area contributed by atoms with Crippen molar-refractivity contribution in [3.63, 3.8) is 0 Å². The maximum absolute atomic E-state index is 12.1. The molecule has 0 saturated carbocycles. The van der Waals surface area contributed by atoms with Gasteiger partial charge in [-0.1, -0.05) is 24.3 Å². The highest BCUT2D eigenvalue weighted by atomic mass is 16.2. The predicted molar refractivity (Wildman–Crippen MR) is 81.8 cm³/mol. The molecule has 2 aromatic heterocycles. The van der Waals surface area contributed by atoms with Crippen molar-refractivity contribution in [3.8, 4) is 5.69 Å². The lowest BCUT2D eigenvalue weighted by molar-refractivity contribution is 0.0945. The molecule has 110 valence electrons. The van der Waals surface area contributed by atoms with E-state index in [4.69, 9.17) is 0 Å². The maximum atomic E-state index is 12.1. The average Bonchev–Trinajstić information content (AvgIpc) is 3.07. The molecule has 0 aliphatic carbocycles. The maximum Gasteiger partial charge on any atom is 0.268 e. The summed E-state index contributed by atoms with van der Waals surface area (Å²) < 4.78 is 1.88. The van der Waals surface area contributed by atoms with E-state index in [1.807, 2.05) is 35.0 Å². The second-order valence-corrected chi connectivity index (χ2v) is 4.71. The van der Waals surface area contributed by atoms with Crippen LogP contribution in [0.5, 0.6) is 0 Å². The Bertz CT molecular complexity index is 837. The monoisotopic (exact) mass is 294 g/mol. The first-order valence-electron chi connectivity index (χ1n) is 6.78. The van der Waals surface area contributed by atoms with E-state index in [1.54, 1.807) is 24.7 Å². The van der Waals surface area contributed by atoms with Gasteiger partial charge in [-0.2, -0.15) is 0 Å². The zero-order valence-corrected chi connectivity index (χ0v) is 11.7. The lowest BCUT2D eigenvalue weighted by Gasteiger charge is -2.11. The molecule has 0 spiro atoms. The minimum atomic E-state index is -0.321. The second kappa shape index (κ2) is 6.09. The molecule has 1 amide bonds. The number of aromatic nitrogens is 3. The van der Waals surface area contributed by atoms with Gasteiger partial charge < -0.3 is 14.9 Å². The van der Waals surface area contributed by atoms with E-state index >= 15 is 0 Å². The van der Waals surface area contributed by atoms with Crippen LogP contribution in [0.15, 0.2) is 66.0 Å². The molecule has 0 aliphatic heterocycles. The normalized spacial score (nSPS) is 10.4. The van der Waals surface area contributed by atoms with Crippen LogP contribution in [-0.2, 0) is 6.54 Å². The third kappa shape index (κ3) is 2.95. The number of hydrogen-bond acceptors (Lipinski definition) is 3. The first kappa shape index (κ1) is 13.8. The number of benzene rings is 1. The third-order valence-corrected chi connectivity index (χ3v) is 3.23. The largest absolute Gasteiger partial charge is 0.347 e. The van der Waals surface area contributed by atoms with Crippen molar-refractivity contribution >= 4 is 5.91 Å². The molecule has 3 aromatic rings. The first-order chi connectivity index (χ1) is 10.7. The number of imidazole rings is 1. The summed E-state index contributed by atoms with van der Waals surface area (Å²) in [6.07, 6.45) is 5.24. The minimum absolute atomic E-state index is 0.243. The van der Waals surface area contributed by atoms with Crippen LogP contribution in [0, 0.1) is 0 Å². The molecule has 0 atom stereocenters. The van der Waals surface area contributed by atoms with Gasteiger partial charge in [0.05, 0.1) is 12.0 Å². The van der Waals surface area contributed by atoms with Gasteiger partial charge in [0.15, 0.2) is 0 Å². The van der Waals surface area contributed by atoms with Gasteiger partial charge in [0, 0.05) is 25.0 Å². The van der Waals surface area contributed by atoms with Crippen molar-refractivity contribution in [2.75, 3.05) is 0 Å². The van der Waals surface area contributed by atoms with Gasteiger partial charge in [0.2, 0.25) is 5.56 Å². The molecule has 2 N–H and O–H groups in total. The highest BCUT2D eigenvalue weighted by Crippen LogP contribution is 2.13. The van der Waals surface area contributed by atoms with Gasteiger partial charge in [0.25, 0.3) is 5.91 Å². The fourth-order valence-electron chi connectivity index (χ4n) is 2.16. The van der Waals surface area contributed by atoms with Crippen LogP contribution in [-0.4, -0.2) is 20.4 Å². The first-order valence-corrected chi connectivity index (χ1v) is 6.78. The van der Waals surface area contributed by atoms with Crippen molar-refractivity contribution in [2.24, 2.45) is 0 Å². The molecule has 0 aliphatic rings. The highest BCUT2D eigenvalue weighted by Gasteiger charge is 2.08. The number of nitrogens with zero attached hydrogens (tertiary/aromatic N) is 2. The van der Waals surface area contributed by atoms with Crippen molar-refractivity contribution in [1.82, 2.24) is 19.9 Å². The van der Waals surface area contributed by atoms with Crippen molar-refractivity contribution in [2.45, 2.75) is 6.54 Å². The van der Waals surface area contributed by atoms with Crippen LogP contribution in [0.1, 0.15) is 16.1 Å². The molecule has 2 heterocycles. The number of rotatable bonds is 4. The Balaban J connectivity index is 1.77. The Kier molecular flexibility index (Phi) is 3.82. The topological polar surface area (TPSA) is 79.8 Å². The number of carbonyl (C=O) groups excluding carboxylic acids is 1. The molecular formula is C16H14N4O2. The molecule has 0 saturated heterocycles. The van der Waals surface area contributed by atoms with E-state index in [0.29, 0.717) is 6.54 Å². The Morgan fingerprint density at radius 1 is 1.18 bits per heavy atom.